The van der Waals surface area contributed by atoms with Gasteiger partial charge in [0.1, 0.15) is 18.5 Å². The van der Waals surface area contributed by atoms with E-state index in [-0.39, 0.29) is 6.61 Å². The monoisotopic (exact) mass is 262 g/mol. The number of nitriles is 1. The Morgan fingerprint density at radius 3 is 2.95 bits per heavy atom. The second kappa shape index (κ2) is 8.52. The van der Waals surface area contributed by atoms with Crippen LogP contribution in [0.4, 0.5) is 0 Å². The van der Waals surface area contributed by atoms with E-state index in [1.54, 1.807) is 24.3 Å². The third-order valence-corrected chi connectivity index (χ3v) is 2.82. The zero-order valence-electron chi connectivity index (χ0n) is 11.7. The number of aliphatic hydroxyl groups is 1. The summed E-state index contributed by atoms with van der Waals surface area (Å²) in [6, 6.07) is 9.02. The molecule has 0 spiro atoms. The van der Waals surface area contributed by atoms with Gasteiger partial charge in [-0.1, -0.05) is 19.4 Å². The van der Waals surface area contributed by atoms with Crippen molar-refractivity contribution in [2.75, 3.05) is 26.7 Å². The molecule has 1 atom stereocenters. The maximum atomic E-state index is 9.88. The first-order valence-electron chi connectivity index (χ1n) is 6.65. The lowest BCUT2D eigenvalue weighted by Gasteiger charge is -2.20. The minimum Gasteiger partial charge on any atom is -0.491 e. The topological polar surface area (TPSA) is 56.5 Å². The van der Waals surface area contributed by atoms with Crippen molar-refractivity contribution in [3.05, 3.63) is 29.8 Å². The molecule has 0 amide bonds. The Kier molecular flexibility index (Phi) is 6.94. The van der Waals surface area contributed by atoms with Crippen molar-refractivity contribution in [2.45, 2.75) is 25.9 Å². The first-order valence-corrected chi connectivity index (χ1v) is 6.65. The lowest BCUT2D eigenvalue weighted by Crippen LogP contribution is -2.33. The van der Waals surface area contributed by atoms with Crippen LogP contribution in [0, 0.1) is 11.3 Å². The van der Waals surface area contributed by atoms with Crippen LogP contribution in [0.2, 0.25) is 0 Å². The van der Waals surface area contributed by atoms with Gasteiger partial charge in [-0.05, 0) is 38.2 Å². The highest BCUT2D eigenvalue weighted by molar-refractivity contribution is 5.36. The summed E-state index contributed by atoms with van der Waals surface area (Å²) < 4.78 is 5.49. The Morgan fingerprint density at radius 1 is 1.47 bits per heavy atom. The Labute approximate surface area is 115 Å². The Balaban J connectivity index is 2.33. The van der Waals surface area contributed by atoms with Crippen LogP contribution in [-0.4, -0.2) is 42.9 Å². The minimum absolute atomic E-state index is 0.241. The Bertz CT molecular complexity index is 415. The molecule has 0 aliphatic carbocycles. The van der Waals surface area contributed by atoms with Crippen molar-refractivity contribution < 1.29 is 9.84 Å². The van der Waals surface area contributed by atoms with E-state index in [9.17, 15) is 5.11 Å². The first-order chi connectivity index (χ1) is 9.15. The van der Waals surface area contributed by atoms with E-state index in [1.807, 2.05) is 7.05 Å². The molecular weight excluding hydrogens is 240 g/mol. The third kappa shape index (κ3) is 6.23. The number of likely N-dealkylation sites (N-methyl/N-ethyl adjacent to an activating group) is 1. The largest absolute Gasteiger partial charge is 0.491 e. The zero-order chi connectivity index (χ0) is 14.1. The number of aliphatic hydroxyl groups excluding tert-OH is 1. The van der Waals surface area contributed by atoms with E-state index < -0.39 is 6.10 Å². The fourth-order valence-corrected chi connectivity index (χ4v) is 1.78. The number of nitrogens with zero attached hydrogens (tertiary/aromatic N) is 2. The van der Waals surface area contributed by atoms with Gasteiger partial charge in [-0.3, -0.25) is 0 Å². The molecule has 0 aliphatic heterocycles. The van der Waals surface area contributed by atoms with Crippen LogP contribution in [-0.2, 0) is 0 Å². The highest BCUT2D eigenvalue weighted by atomic mass is 16.5. The van der Waals surface area contributed by atoms with Gasteiger partial charge in [0.2, 0.25) is 0 Å². The predicted octanol–water partition coefficient (Wildman–Crippen LogP) is 2.03. The highest BCUT2D eigenvalue weighted by Crippen LogP contribution is 2.12. The van der Waals surface area contributed by atoms with Gasteiger partial charge in [0, 0.05) is 6.54 Å². The lowest BCUT2D eigenvalue weighted by atomic mass is 10.2. The SMILES string of the molecule is CCCCN(C)CC(O)COc1cccc(C#N)c1. The van der Waals surface area contributed by atoms with Crippen LogP contribution in [0.5, 0.6) is 5.75 Å². The molecule has 1 aromatic carbocycles. The lowest BCUT2D eigenvalue weighted by molar-refractivity contribution is 0.0760. The number of ether oxygens (including phenoxy) is 1. The van der Waals surface area contributed by atoms with Crippen LogP contribution in [0.25, 0.3) is 0 Å². The number of hydrogen-bond donors (Lipinski definition) is 1. The molecule has 0 heterocycles. The molecule has 0 radical (unpaired) electrons. The van der Waals surface area contributed by atoms with E-state index >= 15 is 0 Å². The van der Waals surface area contributed by atoms with E-state index in [2.05, 4.69) is 17.9 Å². The summed E-state index contributed by atoms with van der Waals surface area (Å²) in [5, 5.41) is 18.7. The second-order valence-electron chi connectivity index (χ2n) is 4.72. The molecule has 104 valence electrons. The third-order valence-electron chi connectivity index (χ3n) is 2.82. The van der Waals surface area contributed by atoms with Crippen molar-refractivity contribution in [3.8, 4) is 11.8 Å². The second-order valence-corrected chi connectivity index (χ2v) is 4.72. The molecule has 19 heavy (non-hydrogen) atoms. The number of unbranched alkanes of at least 4 members (excludes halogenated alkanes) is 1. The van der Waals surface area contributed by atoms with Gasteiger partial charge < -0.3 is 14.7 Å². The molecule has 1 aromatic rings. The average Bonchev–Trinajstić information content (AvgIpc) is 2.43. The molecule has 1 unspecified atom stereocenters. The average molecular weight is 262 g/mol. The van der Waals surface area contributed by atoms with Gasteiger partial charge in [0.25, 0.3) is 0 Å². The summed E-state index contributed by atoms with van der Waals surface area (Å²) in [5.41, 5.74) is 0.562. The molecule has 0 saturated heterocycles. The van der Waals surface area contributed by atoms with Crippen molar-refractivity contribution in [1.82, 2.24) is 4.90 Å². The first kappa shape index (κ1) is 15.5. The highest BCUT2D eigenvalue weighted by Gasteiger charge is 2.09. The zero-order valence-corrected chi connectivity index (χ0v) is 11.7. The molecule has 0 saturated carbocycles. The molecule has 1 N–H and O–H groups in total. The van der Waals surface area contributed by atoms with Crippen molar-refractivity contribution in [2.24, 2.45) is 0 Å². The predicted molar refractivity (Wildman–Crippen MR) is 75.1 cm³/mol. The van der Waals surface area contributed by atoms with E-state index in [0.29, 0.717) is 17.9 Å². The fourth-order valence-electron chi connectivity index (χ4n) is 1.78. The smallest absolute Gasteiger partial charge is 0.120 e. The van der Waals surface area contributed by atoms with Gasteiger partial charge in [-0.2, -0.15) is 5.26 Å². The maximum absolute atomic E-state index is 9.88. The van der Waals surface area contributed by atoms with Crippen molar-refractivity contribution in [1.29, 1.82) is 5.26 Å². The summed E-state index contributed by atoms with van der Waals surface area (Å²) >= 11 is 0. The molecular formula is C15H22N2O2. The molecule has 1 rings (SSSR count). The van der Waals surface area contributed by atoms with Crippen LogP contribution >= 0.6 is 0 Å². The standard InChI is InChI=1S/C15H22N2O2/c1-3-4-8-17(2)11-14(18)12-19-15-7-5-6-13(9-15)10-16/h5-7,9,14,18H,3-4,8,11-12H2,1-2H3. The molecule has 0 aromatic heterocycles. The van der Waals surface area contributed by atoms with Gasteiger partial charge in [0.15, 0.2) is 0 Å². The quantitative estimate of drug-likeness (QED) is 0.779. The molecule has 0 bridgehead atoms. The van der Waals surface area contributed by atoms with Gasteiger partial charge >= 0.3 is 0 Å². The minimum atomic E-state index is -0.521. The molecule has 0 aliphatic rings. The normalized spacial score (nSPS) is 12.2. The maximum Gasteiger partial charge on any atom is 0.120 e. The van der Waals surface area contributed by atoms with Gasteiger partial charge in [-0.15, -0.1) is 0 Å². The number of rotatable bonds is 8. The Morgan fingerprint density at radius 2 is 2.26 bits per heavy atom. The Hall–Kier alpha value is -1.57. The summed E-state index contributed by atoms with van der Waals surface area (Å²) in [5.74, 6) is 0.620. The summed E-state index contributed by atoms with van der Waals surface area (Å²) in [4.78, 5) is 2.10. The summed E-state index contributed by atoms with van der Waals surface area (Å²) in [6.45, 7) is 3.97. The number of hydrogen-bond acceptors (Lipinski definition) is 4. The van der Waals surface area contributed by atoms with Gasteiger partial charge in [-0.25, -0.2) is 0 Å². The molecule has 4 nitrogen and oxygen atoms in total. The molecule has 4 heteroatoms. The van der Waals surface area contributed by atoms with Crippen molar-refractivity contribution in [3.63, 3.8) is 0 Å². The van der Waals surface area contributed by atoms with Crippen LogP contribution < -0.4 is 4.74 Å². The summed E-state index contributed by atoms with van der Waals surface area (Å²) in [6.07, 6.45) is 1.76. The van der Waals surface area contributed by atoms with E-state index in [0.717, 1.165) is 19.4 Å². The van der Waals surface area contributed by atoms with Crippen LogP contribution in [0.15, 0.2) is 24.3 Å². The number of benzene rings is 1. The fraction of sp³-hybridized carbons (Fsp3) is 0.533. The van der Waals surface area contributed by atoms with Crippen molar-refractivity contribution >= 4 is 0 Å². The van der Waals surface area contributed by atoms with Gasteiger partial charge in [0.05, 0.1) is 11.6 Å². The van der Waals surface area contributed by atoms with Crippen LogP contribution in [0.1, 0.15) is 25.3 Å². The van der Waals surface area contributed by atoms with E-state index in [1.165, 1.54) is 0 Å². The molecule has 0 fully saturated rings. The summed E-state index contributed by atoms with van der Waals surface area (Å²) in [7, 11) is 2.00. The van der Waals surface area contributed by atoms with Crippen LogP contribution in [0.3, 0.4) is 0 Å². The van der Waals surface area contributed by atoms with E-state index in [4.69, 9.17) is 10.00 Å².